The van der Waals surface area contributed by atoms with E-state index in [4.69, 9.17) is 0 Å². The number of allylic oxidation sites excluding steroid dienone is 1. The van der Waals surface area contributed by atoms with Crippen LogP contribution in [0.4, 0.5) is 5.69 Å². The van der Waals surface area contributed by atoms with Gasteiger partial charge in [0, 0.05) is 26.3 Å². The minimum Gasteiger partial charge on any atom is -0.385 e. The molecule has 0 unspecified atom stereocenters. The van der Waals surface area contributed by atoms with Crippen LogP contribution in [0.15, 0.2) is 41.8 Å². The van der Waals surface area contributed by atoms with E-state index in [1.807, 2.05) is 6.08 Å². The van der Waals surface area contributed by atoms with Crippen molar-refractivity contribution in [3.63, 3.8) is 0 Å². The van der Waals surface area contributed by atoms with Crippen molar-refractivity contribution in [2.45, 2.75) is 17.7 Å². The molecule has 0 aliphatic heterocycles. The van der Waals surface area contributed by atoms with Crippen LogP contribution in [0.2, 0.25) is 0 Å². The summed E-state index contributed by atoms with van der Waals surface area (Å²) in [5.74, 6) is 0. The number of sulfonamides is 1. The van der Waals surface area contributed by atoms with Gasteiger partial charge in [-0.25, -0.2) is 12.7 Å². The van der Waals surface area contributed by atoms with Gasteiger partial charge in [-0.2, -0.15) is 0 Å². The predicted molar refractivity (Wildman–Crippen MR) is 75.2 cm³/mol. The van der Waals surface area contributed by atoms with Crippen LogP contribution < -0.4 is 5.32 Å². The monoisotopic (exact) mass is 268 g/mol. The van der Waals surface area contributed by atoms with Crippen LogP contribution in [-0.4, -0.2) is 33.4 Å². The van der Waals surface area contributed by atoms with Gasteiger partial charge in [0.15, 0.2) is 0 Å². The molecule has 0 fully saturated rings. The van der Waals surface area contributed by atoms with Crippen LogP contribution in [0.5, 0.6) is 0 Å². The van der Waals surface area contributed by atoms with Crippen LogP contribution in [0.25, 0.3) is 0 Å². The van der Waals surface area contributed by atoms with Crippen LogP contribution in [0, 0.1) is 0 Å². The van der Waals surface area contributed by atoms with Crippen LogP contribution in [0.1, 0.15) is 12.8 Å². The molecule has 0 aliphatic rings. The molecule has 0 bridgehead atoms. The number of rotatable bonds is 7. The number of benzene rings is 1. The number of nitrogens with zero attached hydrogens (tertiary/aromatic N) is 1. The number of anilines is 1. The Hall–Kier alpha value is -1.33. The Bertz CT molecular complexity index is 478. The van der Waals surface area contributed by atoms with Crippen molar-refractivity contribution >= 4 is 15.7 Å². The van der Waals surface area contributed by atoms with Crippen molar-refractivity contribution in [1.29, 1.82) is 0 Å². The molecule has 0 aromatic heterocycles. The third-order valence-electron chi connectivity index (χ3n) is 2.55. The lowest BCUT2D eigenvalue weighted by molar-refractivity contribution is 0.521. The smallest absolute Gasteiger partial charge is 0.242 e. The van der Waals surface area contributed by atoms with E-state index in [1.165, 1.54) is 18.4 Å². The zero-order valence-corrected chi connectivity index (χ0v) is 11.7. The third-order valence-corrected chi connectivity index (χ3v) is 4.38. The number of nitrogens with one attached hydrogen (secondary N) is 1. The summed E-state index contributed by atoms with van der Waals surface area (Å²) in [6, 6.07) is 6.80. The van der Waals surface area contributed by atoms with Crippen molar-refractivity contribution in [2.75, 3.05) is 26.0 Å². The fraction of sp³-hybridized carbons (Fsp3) is 0.385. The molecule has 0 saturated heterocycles. The standard InChI is InChI=1S/C13H20N2O2S/c1-4-5-6-11-14-12-7-9-13(10-8-12)18(16,17)15(2)3/h4,7-10,14H,1,5-6,11H2,2-3H3. The molecule has 0 spiro atoms. The van der Waals surface area contributed by atoms with Crippen LogP contribution in [-0.2, 0) is 10.0 Å². The highest BCUT2D eigenvalue weighted by Gasteiger charge is 2.16. The van der Waals surface area contributed by atoms with Crippen molar-refractivity contribution in [3.05, 3.63) is 36.9 Å². The molecule has 1 N–H and O–H groups in total. The lowest BCUT2D eigenvalue weighted by atomic mass is 10.3. The first-order valence-electron chi connectivity index (χ1n) is 5.86. The van der Waals surface area contributed by atoms with Gasteiger partial charge in [0.25, 0.3) is 0 Å². The minimum atomic E-state index is -3.33. The number of hydrogen-bond acceptors (Lipinski definition) is 3. The average Bonchev–Trinajstić information content (AvgIpc) is 2.35. The second kappa shape index (κ2) is 6.56. The second-order valence-corrected chi connectivity index (χ2v) is 6.32. The Morgan fingerprint density at radius 2 is 1.89 bits per heavy atom. The maximum atomic E-state index is 11.8. The van der Waals surface area contributed by atoms with E-state index in [2.05, 4.69) is 11.9 Å². The highest BCUT2D eigenvalue weighted by molar-refractivity contribution is 7.89. The van der Waals surface area contributed by atoms with E-state index in [1.54, 1.807) is 24.3 Å². The summed E-state index contributed by atoms with van der Waals surface area (Å²) < 4.78 is 24.9. The highest BCUT2D eigenvalue weighted by atomic mass is 32.2. The number of unbranched alkanes of at least 4 members (excludes halogenated alkanes) is 1. The molecule has 0 amide bonds. The summed E-state index contributed by atoms with van der Waals surface area (Å²) in [6.07, 6.45) is 3.87. The topological polar surface area (TPSA) is 49.4 Å². The Labute approximate surface area is 109 Å². The average molecular weight is 268 g/mol. The van der Waals surface area contributed by atoms with Gasteiger partial charge in [-0.1, -0.05) is 6.08 Å². The second-order valence-electron chi connectivity index (χ2n) is 4.17. The molecule has 0 saturated carbocycles. The summed E-state index contributed by atoms with van der Waals surface area (Å²) in [4.78, 5) is 0.309. The lowest BCUT2D eigenvalue weighted by Crippen LogP contribution is -2.22. The predicted octanol–water partition coefficient (Wildman–Crippen LogP) is 2.32. The van der Waals surface area contributed by atoms with Crippen molar-refractivity contribution in [2.24, 2.45) is 0 Å². The van der Waals surface area contributed by atoms with E-state index in [-0.39, 0.29) is 0 Å². The Kier molecular flexibility index (Phi) is 5.37. The van der Waals surface area contributed by atoms with E-state index < -0.39 is 10.0 Å². The molecule has 18 heavy (non-hydrogen) atoms. The van der Waals surface area contributed by atoms with Crippen LogP contribution in [0.3, 0.4) is 0 Å². The summed E-state index contributed by atoms with van der Waals surface area (Å²) in [5, 5.41) is 3.23. The van der Waals surface area contributed by atoms with Gasteiger partial charge in [0.1, 0.15) is 0 Å². The van der Waals surface area contributed by atoms with Crippen molar-refractivity contribution in [3.8, 4) is 0 Å². The van der Waals surface area contributed by atoms with E-state index >= 15 is 0 Å². The maximum Gasteiger partial charge on any atom is 0.242 e. The third kappa shape index (κ3) is 3.85. The molecular weight excluding hydrogens is 248 g/mol. The first-order chi connectivity index (χ1) is 8.48. The molecule has 1 aromatic carbocycles. The van der Waals surface area contributed by atoms with E-state index in [0.29, 0.717) is 4.90 Å². The molecule has 5 heteroatoms. The Morgan fingerprint density at radius 3 is 2.39 bits per heavy atom. The molecule has 1 rings (SSSR count). The van der Waals surface area contributed by atoms with Gasteiger partial charge in [-0.15, -0.1) is 6.58 Å². The van der Waals surface area contributed by atoms with Crippen molar-refractivity contribution < 1.29 is 8.42 Å². The van der Waals surface area contributed by atoms with Crippen LogP contribution >= 0.6 is 0 Å². The molecule has 1 aromatic rings. The number of hydrogen-bond donors (Lipinski definition) is 1. The van der Waals surface area contributed by atoms with Gasteiger partial charge in [0.05, 0.1) is 4.90 Å². The van der Waals surface area contributed by atoms with Crippen molar-refractivity contribution in [1.82, 2.24) is 4.31 Å². The molecule has 0 heterocycles. The van der Waals surface area contributed by atoms with Gasteiger partial charge in [0.2, 0.25) is 10.0 Å². The van der Waals surface area contributed by atoms with Gasteiger partial charge in [-0.05, 0) is 37.1 Å². The Balaban J connectivity index is 2.66. The first-order valence-corrected chi connectivity index (χ1v) is 7.30. The zero-order chi connectivity index (χ0) is 13.6. The van der Waals surface area contributed by atoms with Gasteiger partial charge >= 0.3 is 0 Å². The largest absolute Gasteiger partial charge is 0.385 e. The first kappa shape index (κ1) is 14.7. The quantitative estimate of drug-likeness (QED) is 0.610. The summed E-state index contributed by atoms with van der Waals surface area (Å²) in [7, 11) is -0.281. The molecule has 0 aliphatic carbocycles. The summed E-state index contributed by atoms with van der Waals surface area (Å²) in [5.41, 5.74) is 0.928. The fourth-order valence-electron chi connectivity index (χ4n) is 1.43. The van der Waals surface area contributed by atoms with Gasteiger partial charge in [-0.3, -0.25) is 0 Å². The minimum absolute atomic E-state index is 0.309. The molecule has 100 valence electrons. The Morgan fingerprint density at radius 1 is 1.28 bits per heavy atom. The maximum absolute atomic E-state index is 11.8. The highest BCUT2D eigenvalue weighted by Crippen LogP contribution is 2.16. The molecular formula is C13H20N2O2S. The molecule has 0 radical (unpaired) electrons. The van der Waals surface area contributed by atoms with E-state index in [0.717, 1.165) is 25.1 Å². The summed E-state index contributed by atoms with van der Waals surface area (Å²) >= 11 is 0. The van der Waals surface area contributed by atoms with Gasteiger partial charge < -0.3 is 5.32 Å². The molecule has 0 atom stereocenters. The fourth-order valence-corrected chi connectivity index (χ4v) is 2.34. The summed E-state index contributed by atoms with van der Waals surface area (Å²) in [6.45, 7) is 4.51. The lowest BCUT2D eigenvalue weighted by Gasteiger charge is -2.12. The molecule has 4 nitrogen and oxygen atoms in total. The normalized spacial score (nSPS) is 11.5. The zero-order valence-electron chi connectivity index (χ0n) is 10.9. The SMILES string of the molecule is C=CCCCNc1ccc(S(=O)(=O)N(C)C)cc1. The van der Waals surface area contributed by atoms with E-state index in [9.17, 15) is 8.42 Å².